The molecule has 0 aliphatic heterocycles. The van der Waals surface area contributed by atoms with E-state index in [-0.39, 0.29) is 5.91 Å². The fourth-order valence-corrected chi connectivity index (χ4v) is 5.81. The third kappa shape index (κ3) is 3.36. The molecular formula is C18H22N2OS2. The number of carbonyl (C=O) groups is 1. The van der Waals surface area contributed by atoms with E-state index in [0.29, 0.717) is 12.5 Å². The van der Waals surface area contributed by atoms with E-state index in [9.17, 15) is 4.79 Å². The number of aromatic nitrogens is 1. The Kier molecular flexibility index (Phi) is 4.24. The summed E-state index contributed by atoms with van der Waals surface area (Å²) in [7, 11) is 0. The Morgan fingerprint density at radius 2 is 2.26 bits per heavy atom. The number of aryl methyl sites for hydroxylation is 1. The topological polar surface area (TPSA) is 42.0 Å². The van der Waals surface area contributed by atoms with Crippen molar-refractivity contribution >= 4 is 28.6 Å². The zero-order chi connectivity index (χ0) is 15.8. The van der Waals surface area contributed by atoms with E-state index in [1.807, 2.05) is 6.92 Å². The molecule has 0 radical (unpaired) electrons. The summed E-state index contributed by atoms with van der Waals surface area (Å²) in [6.07, 6.45) is 6.13. The highest BCUT2D eigenvalue weighted by Crippen LogP contribution is 2.49. The van der Waals surface area contributed by atoms with Crippen molar-refractivity contribution in [2.45, 2.75) is 45.6 Å². The maximum atomic E-state index is 12.2. The van der Waals surface area contributed by atoms with Crippen LogP contribution in [0, 0.1) is 24.7 Å². The number of carbonyl (C=O) groups excluding carboxylic acids is 1. The highest BCUT2D eigenvalue weighted by molar-refractivity contribution is 7.16. The van der Waals surface area contributed by atoms with Crippen LogP contribution in [0.25, 0.3) is 10.6 Å². The lowest BCUT2D eigenvalue weighted by atomic mass is 9.86. The van der Waals surface area contributed by atoms with Gasteiger partial charge in [-0.05, 0) is 56.1 Å². The van der Waals surface area contributed by atoms with Crippen LogP contribution < -0.4 is 5.32 Å². The number of nitrogens with zero attached hydrogens (tertiary/aromatic N) is 1. The monoisotopic (exact) mass is 346 g/mol. The Morgan fingerprint density at radius 1 is 1.35 bits per heavy atom. The Morgan fingerprint density at radius 3 is 2.96 bits per heavy atom. The third-order valence-electron chi connectivity index (χ3n) is 5.33. The van der Waals surface area contributed by atoms with E-state index >= 15 is 0 Å². The molecule has 4 rings (SSSR count). The molecule has 3 nitrogen and oxygen atoms in total. The molecule has 2 saturated carbocycles. The molecular weight excluding hydrogens is 324 g/mol. The van der Waals surface area contributed by atoms with E-state index in [4.69, 9.17) is 0 Å². The van der Waals surface area contributed by atoms with Crippen LogP contribution in [0.4, 0.5) is 0 Å². The molecule has 2 aromatic heterocycles. The highest BCUT2D eigenvalue weighted by Gasteiger charge is 2.39. The summed E-state index contributed by atoms with van der Waals surface area (Å²) in [6.45, 7) is 2.67. The fraction of sp³-hybridized carbons (Fsp3) is 0.556. The minimum absolute atomic E-state index is 0.224. The third-order valence-corrected chi connectivity index (χ3v) is 7.21. The van der Waals surface area contributed by atoms with Crippen molar-refractivity contribution in [3.63, 3.8) is 0 Å². The lowest BCUT2D eigenvalue weighted by molar-refractivity contribution is -0.122. The van der Waals surface area contributed by atoms with Crippen molar-refractivity contribution in [2.24, 2.45) is 17.8 Å². The van der Waals surface area contributed by atoms with Crippen LogP contribution in [-0.2, 0) is 11.3 Å². The normalized spacial score (nSPS) is 25.9. The summed E-state index contributed by atoms with van der Waals surface area (Å²) in [5.41, 5.74) is 1.05. The average Bonchev–Trinajstić information content (AvgIpc) is 3.29. The van der Waals surface area contributed by atoms with Crippen molar-refractivity contribution in [3.05, 3.63) is 27.4 Å². The predicted molar refractivity (Wildman–Crippen MR) is 95.6 cm³/mol. The van der Waals surface area contributed by atoms with E-state index in [2.05, 4.69) is 27.8 Å². The van der Waals surface area contributed by atoms with Gasteiger partial charge in [0.2, 0.25) is 5.91 Å². The standard InChI is InChI=1S/C18H22N2OS2/c1-11-20-16(10-22-11)17-5-4-15(23-17)9-19-18(21)8-14-7-12-2-3-13(14)6-12/h4-5,10,12-14H,2-3,6-9H2,1H3,(H,19,21)/t12-,13-,14+/m1/s1. The number of nitrogens with one attached hydrogen (secondary N) is 1. The van der Waals surface area contributed by atoms with Crippen LogP contribution in [0.3, 0.4) is 0 Å². The molecule has 0 aromatic carbocycles. The van der Waals surface area contributed by atoms with Gasteiger partial charge in [0.1, 0.15) is 0 Å². The van der Waals surface area contributed by atoms with Gasteiger partial charge in [-0.25, -0.2) is 4.98 Å². The molecule has 1 N–H and O–H groups in total. The van der Waals surface area contributed by atoms with Gasteiger partial charge >= 0.3 is 0 Å². The molecule has 2 fully saturated rings. The number of thiophene rings is 1. The largest absolute Gasteiger partial charge is 0.351 e. The van der Waals surface area contributed by atoms with Gasteiger partial charge in [-0.15, -0.1) is 22.7 Å². The smallest absolute Gasteiger partial charge is 0.220 e. The quantitative estimate of drug-likeness (QED) is 0.858. The number of rotatable bonds is 5. The van der Waals surface area contributed by atoms with Crippen molar-refractivity contribution in [3.8, 4) is 10.6 Å². The van der Waals surface area contributed by atoms with Crippen LogP contribution in [0.2, 0.25) is 0 Å². The molecule has 0 spiro atoms. The first kappa shape index (κ1) is 15.3. The first-order chi connectivity index (χ1) is 11.2. The summed E-state index contributed by atoms with van der Waals surface area (Å²) in [5.74, 6) is 2.61. The fourth-order valence-electron chi connectivity index (χ4n) is 4.21. The molecule has 2 heterocycles. The van der Waals surface area contributed by atoms with Gasteiger partial charge in [0.15, 0.2) is 0 Å². The van der Waals surface area contributed by atoms with Crippen LogP contribution in [0.1, 0.15) is 42.0 Å². The number of hydrogen-bond donors (Lipinski definition) is 1. The van der Waals surface area contributed by atoms with Crippen LogP contribution >= 0.6 is 22.7 Å². The maximum absolute atomic E-state index is 12.2. The summed E-state index contributed by atoms with van der Waals surface area (Å²) < 4.78 is 0. The number of amides is 1. The minimum atomic E-state index is 0.224. The Hall–Kier alpha value is -1.20. The number of thiazole rings is 1. The molecule has 0 saturated heterocycles. The number of fused-ring (bicyclic) bond motifs is 2. The van der Waals surface area contributed by atoms with Gasteiger partial charge in [-0.2, -0.15) is 0 Å². The van der Waals surface area contributed by atoms with E-state index in [1.54, 1.807) is 22.7 Å². The Balaban J connectivity index is 1.29. The summed E-state index contributed by atoms with van der Waals surface area (Å²) >= 11 is 3.40. The molecule has 3 atom stereocenters. The first-order valence-corrected chi connectivity index (χ1v) is 10.1. The van der Waals surface area contributed by atoms with Crippen molar-refractivity contribution in [1.29, 1.82) is 0 Å². The molecule has 2 aliphatic rings. The molecule has 122 valence electrons. The summed E-state index contributed by atoms with van der Waals surface area (Å²) in [4.78, 5) is 19.1. The lowest BCUT2D eigenvalue weighted by Gasteiger charge is -2.20. The molecule has 2 bridgehead atoms. The molecule has 2 aliphatic carbocycles. The van der Waals surface area contributed by atoms with Gasteiger partial charge < -0.3 is 5.32 Å². The second-order valence-electron chi connectivity index (χ2n) is 6.93. The summed E-state index contributed by atoms with van der Waals surface area (Å²) in [5, 5.41) is 6.30. The van der Waals surface area contributed by atoms with Gasteiger partial charge in [0.05, 0.1) is 22.1 Å². The van der Waals surface area contributed by atoms with Gasteiger partial charge in [0.25, 0.3) is 0 Å². The highest BCUT2D eigenvalue weighted by atomic mass is 32.1. The molecule has 5 heteroatoms. The van der Waals surface area contributed by atoms with E-state index in [1.165, 1.54) is 35.4 Å². The Bertz CT molecular complexity index is 705. The average molecular weight is 347 g/mol. The van der Waals surface area contributed by atoms with Crippen molar-refractivity contribution in [2.75, 3.05) is 0 Å². The van der Waals surface area contributed by atoms with Crippen molar-refractivity contribution < 1.29 is 4.79 Å². The van der Waals surface area contributed by atoms with E-state index < -0.39 is 0 Å². The molecule has 1 amide bonds. The maximum Gasteiger partial charge on any atom is 0.220 e. The second-order valence-corrected chi connectivity index (χ2v) is 9.16. The SMILES string of the molecule is Cc1nc(-c2ccc(CNC(=O)C[C@@H]3C[C@@H]4CC[C@@H]3C4)s2)cs1. The number of hydrogen-bond acceptors (Lipinski definition) is 4. The lowest BCUT2D eigenvalue weighted by Crippen LogP contribution is -2.26. The minimum Gasteiger partial charge on any atom is -0.351 e. The van der Waals surface area contributed by atoms with E-state index in [0.717, 1.165) is 29.0 Å². The first-order valence-electron chi connectivity index (χ1n) is 8.45. The van der Waals surface area contributed by atoms with Gasteiger partial charge in [0, 0.05) is 16.7 Å². The van der Waals surface area contributed by atoms with Crippen molar-refractivity contribution in [1.82, 2.24) is 10.3 Å². The molecule has 2 aromatic rings. The van der Waals surface area contributed by atoms with Gasteiger partial charge in [-0.1, -0.05) is 6.42 Å². The summed E-state index contributed by atoms with van der Waals surface area (Å²) in [6, 6.07) is 4.21. The van der Waals surface area contributed by atoms with Crippen LogP contribution in [0.5, 0.6) is 0 Å². The Labute approximate surface area is 145 Å². The van der Waals surface area contributed by atoms with Crippen LogP contribution in [-0.4, -0.2) is 10.9 Å². The zero-order valence-electron chi connectivity index (χ0n) is 13.4. The van der Waals surface area contributed by atoms with Gasteiger partial charge in [-0.3, -0.25) is 4.79 Å². The molecule has 23 heavy (non-hydrogen) atoms. The predicted octanol–water partition coefficient (Wildman–Crippen LogP) is 4.62. The van der Waals surface area contributed by atoms with Crippen LogP contribution in [0.15, 0.2) is 17.5 Å². The zero-order valence-corrected chi connectivity index (χ0v) is 15.0. The second kappa shape index (κ2) is 6.36. The molecule has 0 unspecified atom stereocenters.